The zero-order valence-corrected chi connectivity index (χ0v) is 17.4. The molecule has 2 aromatic heterocycles. The predicted molar refractivity (Wildman–Crippen MR) is 121 cm³/mol. The first-order valence-electron chi connectivity index (χ1n) is 9.57. The zero-order chi connectivity index (χ0) is 20.9. The number of benzene rings is 2. The molecular formula is C24H21N3O2S. The monoisotopic (exact) mass is 415 g/mol. The number of hydrogen-bond acceptors (Lipinski definition) is 4. The number of carbonyl (C=O) groups excluding carboxylic acids is 1. The van der Waals surface area contributed by atoms with E-state index in [4.69, 9.17) is 0 Å². The van der Waals surface area contributed by atoms with Crippen molar-refractivity contribution in [1.29, 1.82) is 0 Å². The fourth-order valence-corrected chi connectivity index (χ4v) is 3.67. The molecule has 0 spiro atoms. The number of aromatic nitrogens is 2. The van der Waals surface area contributed by atoms with E-state index in [1.165, 1.54) is 4.90 Å². The maximum Gasteiger partial charge on any atom is 0.258 e. The highest BCUT2D eigenvalue weighted by Gasteiger charge is 2.10. The van der Waals surface area contributed by atoms with Crippen molar-refractivity contribution in [3.63, 3.8) is 0 Å². The van der Waals surface area contributed by atoms with E-state index in [0.29, 0.717) is 24.0 Å². The van der Waals surface area contributed by atoms with Gasteiger partial charge in [-0.25, -0.2) is 0 Å². The van der Waals surface area contributed by atoms with Crippen LogP contribution in [0, 0.1) is 0 Å². The molecule has 0 fully saturated rings. The van der Waals surface area contributed by atoms with Gasteiger partial charge < -0.3 is 9.88 Å². The van der Waals surface area contributed by atoms with Crippen LogP contribution in [-0.2, 0) is 13.1 Å². The summed E-state index contributed by atoms with van der Waals surface area (Å²) < 4.78 is 1.67. The molecule has 0 unspecified atom stereocenters. The van der Waals surface area contributed by atoms with Crippen LogP contribution in [0.15, 0.2) is 88.9 Å². The quantitative estimate of drug-likeness (QED) is 0.482. The maximum absolute atomic E-state index is 13.0. The summed E-state index contributed by atoms with van der Waals surface area (Å²) in [7, 11) is 0. The van der Waals surface area contributed by atoms with E-state index in [0.717, 1.165) is 16.5 Å². The lowest BCUT2D eigenvalue weighted by Gasteiger charge is -2.10. The Bertz CT molecular complexity index is 1240. The molecule has 0 aliphatic heterocycles. The molecule has 0 radical (unpaired) electrons. The lowest BCUT2D eigenvalue weighted by Crippen LogP contribution is -2.24. The second-order valence-corrected chi connectivity index (χ2v) is 7.82. The Balaban J connectivity index is 1.57. The molecule has 0 bridgehead atoms. The van der Waals surface area contributed by atoms with Crippen molar-refractivity contribution in [2.24, 2.45) is 0 Å². The molecule has 0 aliphatic carbocycles. The van der Waals surface area contributed by atoms with Gasteiger partial charge in [-0.1, -0.05) is 24.3 Å². The van der Waals surface area contributed by atoms with Crippen LogP contribution in [0.4, 0.5) is 0 Å². The SMILES string of the molecule is CSc1ccc(Cn2ccc3ccc(C(=O)NCc4cccnc4)cc3c2=O)cc1. The van der Waals surface area contributed by atoms with Crippen LogP contribution in [0.2, 0.25) is 0 Å². The average Bonchev–Trinajstić information content (AvgIpc) is 2.80. The van der Waals surface area contributed by atoms with Crippen LogP contribution < -0.4 is 10.9 Å². The number of carbonyl (C=O) groups is 1. The van der Waals surface area contributed by atoms with Crippen molar-refractivity contribution >= 4 is 28.4 Å². The molecule has 5 nitrogen and oxygen atoms in total. The minimum absolute atomic E-state index is 0.108. The zero-order valence-electron chi connectivity index (χ0n) is 16.5. The topological polar surface area (TPSA) is 64.0 Å². The van der Waals surface area contributed by atoms with E-state index in [1.54, 1.807) is 47.1 Å². The van der Waals surface area contributed by atoms with Gasteiger partial charge >= 0.3 is 0 Å². The third-order valence-electron chi connectivity index (χ3n) is 4.93. The Morgan fingerprint density at radius 3 is 2.63 bits per heavy atom. The number of nitrogens with zero attached hydrogens (tertiary/aromatic N) is 2. The van der Waals surface area contributed by atoms with Gasteiger partial charge in [0.05, 0.1) is 6.54 Å². The summed E-state index contributed by atoms with van der Waals surface area (Å²) >= 11 is 1.69. The Hall–Kier alpha value is -3.38. The van der Waals surface area contributed by atoms with Crippen molar-refractivity contribution < 1.29 is 4.79 Å². The van der Waals surface area contributed by atoms with Crippen LogP contribution in [0.5, 0.6) is 0 Å². The second kappa shape index (κ2) is 8.97. The minimum Gasteiger partial charge on any atom is -0.348 e. The first-order chi connectivity index (χ1) is 14.6. The van der Waals surface area contributed by atoms with Crippen molar-refractivity contribution in [2.75, 3.05) is 6.26 Å². The predicted octanol–water partition coefficient (Wildman–Crippen LogP) is 4.10. The number of thioether (sulfide) groups is 1. The van der Waals surface area contributed by atoms with Gasteiger partial charge in [0.25, 0.3) is 11.5 Å². The van der Waals surface area contributed by atoms with Gasteiger partial charge in [0.15, 0.2) is 0 Å². The number of hydrogen-bond donors (Lipinski definition) is 1. The molecule has 0 aliphatic rings. The maximum atomic E-state index is 13.0. The van der Waals surface area contributed by atoms with Gasteiger partial charge in [0.1, 0.15) is 0 Å². The van der Waals surface area contributed by atoms with Crippen LogP contribution >= 0.6 is 11.8 Å². The molecule has 1 amide bonds. The third kappa shape index (κ3) is 4.44. The largest absolute Gasteiger partial charge is 0.348 e. The molecule has 6 heteroatoms. The summed E-state index contributed by atoms with van der Waals surface area (Å²) in [4.78, 5) is 30.8. The number of pyridine rings is 2. The molecule has 150 valence electrons. The fourth-order valence-electron chi connectivity index (χ4n) is 3.26. The van der Waals surface area contributed by atoms with Crippen molar-refractivity contribution in [1.82, 2.24) is 14.9 Å². The Labute approximate surface area is 178 Å². The van der Waals surface area contributed by atoms with Crippen LogP contribution in [0.3, 0.4) is 0 Å². The summed E-state index contributed by atoms with van der Waals surface area (Å²) in [5.41, 5.74) is 2.33. The number of amides is 1. The Kier molecular flexibility index (Phi) is 5.95. The van der Waals surface area contributed by atoms with E-state index in [2.05, 4.69) is 22.4 Å². The van der Waals surface area contributed by atoms with E-state index in [-0.39, 0.29) is 11.5 Å². The summed E-state index contributed by atoms with van der Waals surface area (Å²) in [6.07, 6.45) is 7.24. The number of nitrogens with one attached hydrogen (secondary N) is 1. The second-order valence-electron chi connectivity index (χ2n) is 6.94. The van der Waals surface area contributed by atoms with Gasteiger partial charge in [-0.15, -0.1) is 11.8 Å². The van der Waals surface area contributed by atoms with E-state index in [1.807, 2.05) is 42.7 Å². The van der Waals surface area contributed by atoms with Crippen molar-refractivity contribution in [3.8, 4) is 0 Å². The van der Waals surface area contributed by atoms with E-state index >= 15 is 0 Å². The first-order valence-corrected chi connectivity index (χ1v) is 10.8. The summed E-state index contributed by atoms with van der Waals surface area (Å²) in [6.45, 7) is 0.872. The molecule has 30 heavy (non-hydrogen) atoms. The minimum atomic E-state index is -0.219. The van der Waals surface area contributed by atoms with E-state index < -0.39 is 0 Å². The number of fused-ring (bicyclic) bond motifs is 1. The smallest absolute Gasteiger partial charge is 0.258 e. The normalized spacial score (nSPS) is 10.8. The Morgan fingerprint density at radius 1 is 1.07 bits per heavy atom. The van der Waals surface area contributed by atoms with Gasteiger partial charge in [0, 0.05) is 41.0 Å². The molecular weight excluding hydrogens is 394 g/mol. The van der Waals surface area contributed by atoms with Crippen LogP contribution in [0.1, 0.15) is 21.5 Å². The van der Waals surface area contributed by atoms with Crippen molar-refractivity contribution in [3.05, 3.63) is 106 Å². The fraction of sp³-hybridized carbons (Fsp3) is 0.125. The molecule has 4 rings (SSSR count). The molecule has 0 atom stereocenters. The summed E-state index contributed by atoms with van der Waals surface area (Å²) in [5, 5.41) is 4.23. The molecule has 0 saturated carbocycles. The van der Waals surface area contributed by atoms with Crippen LogP contribution in [-0.4, -0.2) is 21.7 Å². The summed E-state index contributed by atoms with van der Waals surface area (Å²) in [6, 6.07) is 19.0. The molecule has 0 saturated heterocycles. The van der Waals surface area contributed by atoms with Gasteiger partial charge in [0.2, 0.25) is 0 Å². The average molecular weight is 416 g/mol. The lowest BCUT2D eigenvalue weighted by atomic mass is 10.1. The third-order valence-corrected chi connectivity index (χ3v) is 5.67. The van der Waals surface area contributed by atoms with E-state index in [9.17, 15) is 9.59 Å². The molecule has 2 aromatic carbocycles. The molecule has 2 heterocycles. The van der Waals surface area contributed by atoms with Gasteiger partial charge in [-0.2, -0.15) is 0 Å². The highest BCUT2D eigenvalue weighted by Crippen LogP contribution is 2.16. The standard InChI is InChI=1S/C24H21N3O2S/c1-30-21-8-4-17(5-9-21)16-27-12-10-19-6-7-20(13-22(19)24(27)29)23(28)26-15-18-3-2-11-25-14-18/h2-14H,15-16H2,1H3,(H,26,28). The molecule has 1 N–H and O–H groups in total. The van der Waals surface area contributed by atoms with Crippen LogP contribution in [0.25, 0.3) is 10.8 Å². The Morgan fingerprint density at radius 2 is 1.90 bits per heavy atom. The summed E-state index contributed by atoms with van der Waals surface area (Å²) in [5.74, 6) is -0.219. The molecule has 4 aromatic rings. The first kappa shape index (κ1) is 19.9. The highest BCUT2D eigenvalue weighted by atomic mass is 32.2. The number of rotatable bonds is 6. The lowest BCUT2D eigenvalue weighted by molar-refractivity contribution is 0.0951. The van der Waals surface area contributed by atoms with Crippen molar-refractivity contribution in [2.45, 2.75) is 18.0 Å². The highest BCUT2D eigenvalue weighted by molar-refractivity contribution is 7.98. The van der Waals surface area contributed by atoms with Gasteiger partial charge in [-0.3, -0.25) is 14.6 Å². The van der Waals surface area contributed by atoms with Gasteiger partial charge in [-0.05, 0) is 59.2 Å².